The number of carbonyl (C=O) groups is 2. The minimum Gasteiger partial charge on any atom is -0.494 e. The first-order valence-corrected chi connectivity index (χ1v) is 15.1. The maximum absolute atomic E-state index is 13.7. The van der Waals surface area contributed by atoms with Crippen LogP contribution in [0, 0.1) is 11.8 Å². The molecule has 8 rings (SSSR count). The lowest BCUT2D eigenvalue weighted by Crippen LogP contribution is -2.50. The normalized spacial score (nSPS) is 23.7. The predicted octanol–water partition coefficient (Wildman–Crippen LogP) is 3.65. The largest absolute Gasteiger partial charge is 0.494 e. The van der Waals surface area contributed by atoms with Gasteiger partial charge in [-0.1, -0.05) is 18.2 Å². The van der Waals surface area contributed by atoms with Gasteiger partial charge in [0.05, 0.1) is 23.8 Å². The van der Waals surface area contributed by atoms with E-state index < -0.39 is 0 Å². The second-order valence-electron chi connectivity index (χ2n) is 12.8. The first-order valence-electron chi connectivity index (χ1n) is 15.1. The Morgan fingerprint density at radius 3 is 2.52 bits per heavy atom. The molecule has 4 fully saturated rings. The number of fused-ring (bicyclic) bond motifs is 4. The average Bonchev–Trinajstić information content (AvgIpc) is 3.34. The molecule has 3 atom stereocenters. The van der Waals surface area contributed by atoms with Gasteiger partial charge in [0.25, 0.3) is 5.91 Å². The number of likely N-dealkylation sites (tertiary alicyclic amines) is 2. The van der Waals surface area contributed by atoms with E-state index in [9.17, 15) is 9.59 Å². The van der Waals surface area contributed by atoms with E-state index in [0.717, 1.165) is 53.9 Å². The van der Waals surface area contributed by atoms with Crippen LogP contribution < -0.4 is 16.2 Å². The molecule has 3 amide bonds. The highest BCUT2D eigenvalue weighted by atomic mass is 16.5. The minimum atomic E-state index is -0.362. The summed E-state index contributed by atoms with van der Waals surface area (Å²) in [7, 11) is 3.66. The summed E-state index contributed by atoms with van der Waals surface area (Å²) in [4.78, 5) is 34.2. The molecule has 2 bridgehead atoms. The molecule has 4 aromatic rings. The Balaban J connectivity index is 1.23. The molecule has 2 saturated carbocycles. The van der Waals surface area contributed by atoms with Crippen molar-refractivity contribution in [1.82, 2.24) is 23.9 Å². The number of ether oxygens (including phenoxy) is 1. The maximum Gasteiger partial charge on any atom is 0.314 e. The van der Waals surface area contributed by atoms with Crippen LogP contribution in [0.25, 0.3) is 33.5 Å². The van der Waals surface area contributed by atoms with Crippen LogP contribution in [0.4, 0.5) is 4.79 Å². The number of amides is 3. The van der Waals surface area contributed by atoms with Crippen molar-refractivity contribution in [2.75, 3.05) is 26.7 Å². The van der Waals surface area contributed by atoms with Gasteiger partial charge in [-0.3, -0.25) is 4.79 Å². The summed E-state index contributed by atoms with van der Waals surface area (Å²) in [6.45, 7) is 2.93. The van der Waals surface area contributed by atoms with E-state index >= 15 is 0 Å². The second kappa shape index (κ2) is 9.22. The molecule has 4 N–H and O–H groups in total. The fourth-order valence-electron chi connectivity index (χ4n) is 7.74. The lowest BCUT2D eigenvalue weighted by Gasteiger charge is -2.38. The Hall–Kier alpha value is -4.05. The number of methoxy groups -OCH3 is 1. The first-order chi connectivity index (χ1) is 20.3. The number of piperidine rings is 1. The molecule has 10 nitrogen and oxygen atoms in total. The fraction of sp³-hybridized carbons (Fsp3) is 0.469. The quantitative estimate of drug-likeness (QED) is 0.368. The molecule has 2 aliphatic heterocycles. The highest BCUT2D eigenvalue weighted by Crippen LogP contribution is 2.42. The van der Waals surface area contributed by atoms with Gasteiger partial charge in [-0.05, 0) is 61.3 Å². The molecule has 218 valence electrons. The third-order valence-corrected chi connectivity index (χ3v) is 10.3. The van der Waals surface area contributed by atoms with Gasteiger partial charge in [0.15, 0.2) is 5.82 Å². The van der Waals surface area contributed by atoms with Crippen molar-refractivity contribution in [2.45, 2.75) is 50.2 Å². The monoisotopic (exact) mass is 567 g/mol. The van der Waals surface area contributed by atoms with Crippen LogP contribution >= 0.6 is 0 Å². The zero-order chi connectivity index (χ0) is 28.9. The first kappa shape index (κ1) is 25.6. The lowest BCUT2D eigenvalue weighted by molar-refractivity contribution is 0.0700. The predicted molar refractivity (Wildman–Crippen MR) is 160 cm³/mol. The second-order valence-corrected chi connectivity index (χ2v) is 12.8. The number of hydrogen-bond acceptors (Lipinski definition) is 5. The molecular formula is C32H37N7O3. The third-order valence-electron chi connectivity index (χ3n) is 10.3. The molecular weight excluding hydrogens is 530 g/mol. The van der Waals surface area contributed by atoms with E-state index in [0.29, 0.717) is 36.2 Å². The van der Waals surface area contributed by atoms with Crippen molar-refractivity contribution in [3.8, 4) is 17.3 Å². The van der Waals surface area contributed by atoms with E-state index in [1.54, 1.807) is 12.0 Å². The fourth-order valence-corrected chi connectivity index (χ4v) is 7.74. The van der Waals surface area contributed by atoms with Crippen molar-refractivity contribution >= 4 is 33.9 Å². The van der Waals surface area contributed by atoms with Gasteiger partial charge in [0.1, 0.15) is 11.3 Å². The van der Waals surface area contributed by atoms with E-state index in [1.807, 2.05) is 24.1 Å². The lowest BCUT2D eigenvalue weighted by atomic mass is 9.90. The summed E-state index contributed by atoms with van der Waals surface area (Å²) in [5.74, 6) is 2.77. The van der Waals surface area contributed by atoms with E-state index in [-0.39, 0.29) is 29.9 Å². The summed E-state index contributed by atoms with van der Waals surface area (Å²) in [6, 6.07) is 12.3. The number of rotatable bonds is 6. The summed E-state index contributed by atoms with van der Waals surface area (Å²) >= 11 is 0. The Bertz CT molecular complexity index is 1760. The number of nitrogens with two attached hydrogens (primary N) is 2. The SMILES string of the molecule is COc1cc(C(=O)N2C[C@H]3CC[C@@H]2[C@@H]3N)cc2nc(-c3cc4cccc(C5CN(C(N)=O)C5)c4n3CC3CC3)n(C)c12. The molecule has 4 heterocycles. The van der Waals surface area contributed by atoms with Crippen LogP contribution in [-0.2, 0) is 13.6 Å². The third kappa shape index (κ3) is 3.77. The van der Waals surface area contributed by atoms with Crippen LogP contribution in [0.15, 0.2) is 36.4 Å². The minimum absolute atomic E-state index is 0.00282. The molecule has 4 aliphatic rings. The number of imidazole rings is 1. The smallest absolute Gasteiger partial charge is 0.314 e. The molecule has 2 aromatic carbocycles. The van der Waals surface area contributed by atoms with Gasteiger partial charge >= 0.3 is 6.03 Å². The number of aromatic nitrogens is 3. The summed E-state index contributed by atoms with van der Waals surface area (Å²) in [5, 5.41) is 1.16. The number of carbonyl (C=O) groups excluding carboxylic acids is 2. The van der Waals surface area contributed by atoms with Crippen LogP contribution in [0.3, 0.4) is 0 Å². The molecule has 2 saturated heterocycles. The summed E-state index contributed by atoms with van der Waals surface area (Å²) < 4.78 is 10.4. The summed E-state index contributed by atoms with van der Waals surface area (Å²) in [6.07, 6.45) is 4.52. The van der Waals surface area contributed by atoms with Gasteiger partial charge in [-0.2, -0.15) is 0 Å². The number of benzene rings is 2. The van der Waals surface area contributed by atoms with Gasteiger partial charge in [-0.25, -0.2) is 9.78 Å². The highest BCUT2D eigenvalue weighted by Gasteiger charge is 2.47. The molecule has 42 heavy (non-hydrogen) atoms. The zero-order valence-corrected chi connectivity index (χ0v) is 24.1. The number of urea groups is 1. The van der Waals surface area contributed by atoms with E-state index in [2.05, 4.69) is 33.4 Å². The van der Waals surface area contributed by atoms with Crippen LogP contribution in [0.5, 0.6) is 5.75 Å². The number of primary amides is 1. The average molecular weight is 568 g/mol. The Morgan fingerprint density at radius 2 is 1.86 bits per heavy atom. The molecule has 0 radical (unpaired) electrons. The summed E-state index contributed by atoms with van der Waals surface area (Å²) in [5.41, 5.74) is 17.6. The highest BCUT2D eigenvalue weighted by molar-refractivity contribution is 6.00. The number of aryl methyl sites for hydroxylation is 1. The van der Waals surface area contributed by atoms with Crippen molar-refractivity contribution in [1.29, 1.82) is 0 Å². The van der Waals surface area contributed by atoms with Crippen LogP contribution in [0.1, 0.15) is 47.5 Å². The van der Waals surface area contributed by atoms with Crippen molar-refractivity contribution < 1.29 is 14.3 Å². The number of nitrogens with zero attached hydrogens (tertiary/aromatic N) is 5. The Morgan fingerprint density at radius 1 is 1.05 bits per heavy atom. The molecule has 2 aliphatic carbocycles. The standard InChI is InChI=1S/C32H37N7O3/c1-36-29-23(10-20(12-26(29)42-2)31(40)39-16-19-8-9-24(39)27(19)33)35-30(36)25-11-18-4-3-5-22(21-14-37(15-21)32(34)41)28(18)38(25)13-17-6-7-17/h3-5,10-12,17,19,21,24,27H,6-9,13-16,33H2,1-2H3,(H2,34,41)/t19-,24-,27-/m1/s1. The van der Waals surface area contributed by atoms with Crippen molar-refractivity contribution in [3.05, 3.63) is 47.5 Å². The topological polar surface area (TPSA) is 125 Å². The number of para-hydroxylation sites is 1. The molecule has 2 aromatic heterocycles. The number of hydrogen-bond donors (Lipinski definition) is 2. The van der Waals surface area contributed by atoms with Gasteiger partial charge in [-0.15, -0.1) is 0 Å². The zero-order valence-electron chi connectivity index (χ0n) is 24.1. The van der Waals surface area contributed by atoms with Crippen molar-refractivity contribution in [2.24, 2.45) is 30.4 Å². The maximum atomic E-state index is 13.7. The molecule has 0 spiro atoms. The van der Waals surface area contributed by atoms with Gasteiger partial charge in [0.2, 0.25) is 0 Å². The van der Waals surface area contributed by atoms with E-state index in [1.165, 1.54) is 23.9 Å². The van der Waals surface area contributed by atoms with E-state index in [4.69, 9.17) is 21.2 Å². The van der Waals surface area contributed by atoms with Crippen LogP contribution in [0.2, 0.25) is 0 Å². The van der Waals surface area contributed by atoms with Gasteiger partial charge in [0, 0.05) is 62.2 Å². The Labute approximate surface area is 244 Å². The molecule has 0 unspecified atom stereocenters. The van der Waals surface area contributed by atoms with Crippen molar-refractivity contribution in [3.63, 3.8) is 0 Å². The Kier molecular flexibility index (Phi) is 5.63. The molecule has 10 heteroatoms. The van der Waals surface area contributed by atoms with Crippen LogP contribution in [-0.4, -0.2) is 74.7 Å². The van der Waals surface area contributed by atoms with Gasteiger partial charge < -0.3 is 35.1 Å².